The van der Waals surface area contributed by atoms with E-state index in [0.717, 1.165) is 0 Å². The highest BCUT2D eigenvalue weighted by molar-refractivity contribution is 5.19. The normalized spacial score (nSPS) is 14.1. The summed E-state index contributed by atoms with van der Waals surface area (Å²) in [5.74, 6) is 0. The van der Waals surface area contributed by atoms with Crippen LogP contribution >= 0.6 is 0 Å². The topological polar surface area (TPSA) is 12.9 Å². The molecule has 120 valence electrons. The van der Waals surface area contributed by atoms with Crippen LogP contribution in [-0.4, -0.2) is 4.98 Å². The molecule has 1 heteroatoms. The second kappa shape index (κ2) is 9.97. The van der Waals surface area contributed by atoms with Gasteiger partial charge in [-0.2, -0.15) is 0 Å². The van der Waals surface area contributed by atoms with E-state index in [0.29, 0.717) is 0 Å². The van der Waals surface area contributed by atoms with Crippen molar-refractivity contribution >= 4 is 0 Å². The van der Waals surface area contributed by atoms with Crippen molar-refractivity contribution < 1.29 is 0 Å². The van der Waals surface area contributed by atoms with Crippen LogP contribution in [0.3, 0.4) is 0 Å². The van der Waals surface area contributed by atoms with E-state index in [1.54, 1.807) is 0 Å². The molecule has 0 bridgehead atoms. The fourth-order valence-electron chi connectivity index (χ4n) is 3.09. The SMILES string of the molecule is CCCCCCCC(C)(CCCCC)c1ccc(C)cn1. The van der Waals surface area contributed by atoms with Gasteiger partial charge in [0.15, 0.2) is 0 Å². The number of unbranched alkanes of at least 4 members (excludes halogenated alkanes) is 6. The molecule has 0 amide bonds. The molecule has 21 heavy (non-hydrogen) atoms. The zero-order valence-corrected chi connectivity index (χ0v) is 14.8. The minimum atomic E-state index is 0.273. The molecule has 0 aliphatic carbocycles. The van der Waals surface area contributed by atoms with Crippen LogP contribution in [0.1, 0.15) is 96.2 Å². The lowest BCUT2D eigenvalue weighted by Crippen LogP contribution is -2.23. The smallest absolute Gasteiger partial charge is 0.0462 e. The van der Waals surface area contributed by atoms with Crippen molar-refractivity contribution in [2.45, 2.75) is 97.3 Å². The van der Waals surface area contributed by atoms with Gasteiger partial charge in [0.1, 0.15) is 0 Å². The van der Waals surface area contributed by atoms with Gasteiger partial charge < -0.3 is 0 Å². The molecule has 1 atom stereocenters. The fraction of sp³-hybridized carbons (Fsp3) is 0.750. The van der Waals surface area contributed by atoms with Crippen molar-refractivity contribution in [3.63, 3.8) is 0 Å². The highest BCUT2D eigenvalue weighted by Gasteiger charge is 2.26. The Kier molecular flexibility index (Phi) is 8.64. The molecule has 0 spiro atoms. The first-order chi connectivity index (χ1) is 10.1. The van der Waals surface area contributed by atoms with Crippen LogP contribution in [0.15, 0.2) is 18.3 Å². The molecule has 0 N–H and O–H groups in total. The van der Waals surface area contributed by atoms with E-state index in [-0.39, 0.29) is 5.41 Å². The minimum absolute atomic E-state index is 0.273. The average molecular weight is 290 g/mol. The predicted molar refractivity (Wildman–Crippen MR) is 93.8 cm³/mol. The van der Waals surface area contributed by atoms with Crippen molar-refractivity contribution in [1.29, 1.82) is 0 Å². The van der Waals surface area contributed by atoms with E-state index in [4.69, 9.17) is 4.98 Å². The molecule has 0 radical (unpaired) electrons. The van der Waals surface area contributed by atoms with Crippen molar-refractivity contribution in [2.75, 3.05) is 0 Å². The zero-order chi connectivity index (χ0) is 15.6. The van der Waals surface area contributed by atoms with Gasteiger partial charge in [-0.15, -0.1) is 0 Å². The van der Waals surface area contributed by atoms with E-state index in [1.165, 1.54) is 75.5 Å². The van der Waals surface area contributed by atoms with Crippen LogP contribution in [0.25, 0.3) is 0 Å². The van der Waals surface area contributed by atoms with Crippen LogP contribution in [-0.2, 0) is 5.41 Å². The van der Waals surface area contributed by atoms with Gasteiger partial charge in [-0.1, -0.05) is 78.2 Å². The van der Waals surface area contributed by atoms with Crippen LogP contribution in [0.5, 0.6) is 0 Å². The van der Waals surface area contributed by atoms with E-state index in [9.17, 15) is 0 Å². The first kappa shape index (κ1) is 18.2. The molecule has 0 aliphatic heterocycles. The third-order valence-corrected chi connectivity index (χ3v) is 4.69. The van der Waals surface area contributed by atoms with Crippen LogP contribution < -0.4 is 0 Å². The number of pyridine rings is 1. The Bertz CT molecular complexity index is 368. The van der Waals surface area contributed by atoms with Gasteiger partial charge in [-0.05, 0) is 31.4 Å². The number of hydrogen-bond acceptors (Lipinski definition) is 1. The molecule has 1 nitrogen and oxygen atoms in total. The summed E-state index contributed by atoms with van der Waals surface area (Å²) >= 11 is 0. The van der Waals surface area contributed by atoms with Crippen LogP contribution in [0.4, 0.5) is 0 Å². The summed E-state index contributed by atoms with van der Waals surface area (Å²) in [5.41, 5.74) is 2.84. The van der Waals surface area contributed by atoms with Gasteiger partial charge in [0.05, 0.1) is 0 Å². The molecule has 1 rings (SSSR count). The Hall–Kier alpha value is -0.850. The van der Waals surface area contributed by atoms with Gasteiger partial charge >= 0.3 is 0 Å². The summed E-state index contributed by atoms with van der Waals surface area (Å²) < 4.78 is 0. The molecular formula is C20H35N. The van der Waals surface area contributed by atoms with Crippen molar-refractivity contribution in [2.24, 2.45) is 0 Å². The van der Waals surface area contributed by atoms with Crippen LogP contribution in [0.2, 0.25) is 0 Å². The summed E-state index contributed by atoms with van der Waals surface area (Å²) in [6, 6.07) is 4.48. The van der Waals surface area contributed by atoms with Crippen LogP contribution in [0, 0.1) is 6.92 Å². The van der Waals surface area contributed by atoms with E-state index >= 15 is 0 Å². The molecule has 1 heterocycles. The molecule has 1 aromatic rings. The largest absolute Gasteiger partial charge is 0.260 e. The maximum Gasteiger partial charge on any atom is 0.0462 e. The Labute approximate surface area is 132 Å². The Morgan fingerprint density at radius 1 is 0.857 bits per heavy atom. The fourth-order valence-corrected chi connectivity index (χ4v) is 3.09. The van der Waals surface area contributed by atoms with Gasteiger partial charge in [-0.25, -0.2) is 0 Å². The second-order valence-electron chi connectivity index (χ2n) is 6.90. The molecule has 1 aromatic heterocycles. The maximum atomic E-state index is 4.74. The highest BCUT2D eigenvalue weighted by atomic mass is 14.7. The lowest BCUT2D eigenvalue weighted by atomic mass is 9.76. The van der Waals surface area contributed by atoms with Crippen molar-refractivity contribution in [3.8, 4) is 0 Å². The monoisotopic (exact) mass is 289 g/mol. The summed E-state index contributed by atoms with van der Waals surface area (Å²) in [5, 5.41) is 0. The minimum Gasteiger partial charge on any atom is -0.260 e. The maximum absolute atomic E-state index is 4.74. The number of aryl methyl sites for hydroxylation is 1. The summed E-state index contributed by atoms with van der Waals surface area (Å²) in [4.78, 5) is 4.74. The standard InChI is InChI=1S/C20H35N/c1-5-7-9-10-12-16-20(4,15-11-8-6-2)19-14-13-18(3)17-21-19/h13-14,17H,5-12,15-16H2,1-4H3. The van der Waals surface area contributed by atoms with Crippen molar-refractivity contribution in [1.82, 2.24) is 4.98 Å². The molecule has 0 aromatic carbocycles. The van der Waals surface area contributed by atoms with E-state index in [1.807, 2.05) is 6.20 Å². The average Bonchev–Trinajstić information content (AvgIpc) is 2.48. The number of aromatic nitrogens is 1. The third kappa shape index (κ3) is 6.63. The molecule has 0 aliphatic rings. The number of hydrogen-bond donors (Lipinski definition) is 0. The lowest BCUT2D eigenvalue weighted by molar-refractivity contribution is 0.356. The predicted octanol–water partition coefficient (Wildman–Crippen LogP) is 6.59. The molecule has 0 saturated carbocycles. The molecule has 1 unspecified atom stereocenters. The molecule has 0 saturated heterocycles. The first-order valence-electron chi connectivity index (χ1n) is 9.05. The Morgan fingerprint density at radius 2 is 1.43 bits per heavy atom. The Morgan fingerprint density at radius 3 is 2.00 bits per heavy atom. The number of rotatable bonds is 11. The third-order valence-electron chi connectivity index (χ3n) is 4.69. The van der Waals surface area contributed by atoms with E-state index in [2.05, 4.69) is 39.8 Å². The summed E-state index contributed by atoms with van der Waals surface area (Å²) in [6.07, 6.45) is 15.4. The van der Waals surface area contributed by atoms with Gasteiger partial charge in [0, 0.05) is 17.3 Å². The highest BCUT2D eigenvalue weighted by Crippen LogP contribution is 2.34. The van der Waals surface area contributed by atoms with E-state index < -0.39 is 0 Å². The van der Waals surface area contributed by atoms with Gasteiger partial charge in [0.2, 0.25) is 0 Å². The lowest BCUT2D eigenvalue weighted by Gasteiger charge is -2.29. The summed E-state index contributed by atoms with van der Waals surface area (Å²) in [7, 11) is 0. The van der Waals surface area contributed by atoms with Gasteiger partial charge in [-0.3, -0.25) is 4.98 Å². The summed E-state index contributed by atoms with van der Waals surface area (Å²) in [6.45, 7) is 9.12. The zero-order valence-electron chi connectivity index (χ0n) is 14.8. The molecular weight excluding hydrogens is 254 g/mol. The quantitative estimate of drug-likeness (QED) is 0.419. The van der Waals surface area contributed by atoms with Gasteiger partial charge in [0.25, 0.3) is 0 Å². The number of nitrogens with zero attached hydrogens (tertiary/aromatic N) is 1. The Balaban J connectivity index is 2.62. The second-order valence-corrected chi connectivity index (χ2v) is 6.90. The molecule has 0 fully saturated rings. The first-order valence-corrected chi connectivity index (χ1v) is 9.05. The van der Waals surface area contributed by atoms with Crippen molar-refractivity contribution in [3.05, 3.63) is 29.6 Å².